The highest BCUT2D eigenvalue weighted by molar-refractivity contribution is 7.89. The van der Waals surface area contributed by atoms with Crippen LogP contribution in [-0.4, -0.2) is 20.1 Å². The van der Waals surface area contributed by atoms with E-state index in [0.717, 1.165) is 31.7 Å². The molecule has 0 spiro atoms. The summed E-state index contributed by atoms with van der Waals surface area (Å²) in [6.45, 7) is -0.0913. The molecule has 6 heteroatoms. The van der Waals surface area contributed by atoms with Gasteiger partial charge in [0.1, 0.15) is 5.82 Å². The Kier molecular flexibility index (Phi) is 5.12. The van der Waals surface area contributed by atoms with E-state index in [1.807, 2.05) is 0 Å². The lowest BCUT2D eigenvalue weighted by atomic mass is 9.90. The monoisotopic (exact) mass is 301 g/mol. The molecule has 0 amide bonds. The van der Waals surface area contributed by atoms with E-state index in [-0.39, 0.29) is 10.5 Å². The van der Waals surface area contributed by atoms with Gasteiger partial charge in [0.2, 0.25) is 10.0 Å². The minimum Gasteiger partial charge on any atom is -0.392 e. The fraction of sp³-hybridized carbons (Fsp3) is 0.571. The molecule has 1 saturated carbocycles. The summed E-state index contributed by atoms with van der Waals surface area (Å²) < 4.78 is 40.1. The highest BCUT2D eigenvalue weighted by Crippen LogP contribution is 2.23. The molecule has 1 aliphatic carbocycles. The summed E-state index contributed by atoms with van der Waals surface area (Å²) in [6, 6.07) is 3.47. The van der Waals surface area contributed by atoms with Gasteiger partial charge in [0.25, 0.3) is 0 Å². The van der Waals surface area contributed by atoms with Gasteiger partial charge in [0, 0.05) is 12.1 Å². The fourth-order valence-corrected chi connectivity index (χ4v) is 3.71. The summed E-state index contributed by atoms with van der Waals surface area (Å²) in [5.41, 5.74) is -0.00876. The fourth-order valence-electron chi connectivity index (χ4n) is 2.54. The van der Waals surface area contributed by atoms with Crippen molar-refractivity contribution in [2.45, 2.75) is 43.6 Å². The molecule has 0 unspecified atom stereocenters. The van der Waals surface area contributed by atoms with Crippen LogP contribution in [0.1, 0.15) is 37.7 Å². The second kappa shape index (κ2) is 6.65. The summed E-state index contributed by atoms with van der Waals surface area (Å²) in [5, 5.41) is 8.99. The van der Waals surface area contributed by atoms with Crippen molar-refractivity contribution in [3.8, 4) is 0 Å². The Hall–Kier alpha value is -0.980. The van der Waals surface area contributed by atoms with Crippen LogP contribution in [0.5, 0.6) is 0 Å². The van der Waals surface area contributed by atoms with Gasteiger partial charge in [-0.1, -0.05) is 19.3 Å². The van der Waals surface area contributed by atoms with Crippen LogP contribution in [0.3, 0.4) is 0 Å². The number of hydrogen-bond donors (Lipinski definition) is 2. The maximum Gasteiger partial charge on any atom is 0.240 e. The third kappa shape index (κ3) is 3.77. The summed E-state index contributed by atoms with van der Waals surface area (Å²) in [5.74, 6) is -0.213. The lowest BCUT2D eigenvalue weighted by Crippen LogP contribution is -2.30. The Morgan fingerprint density at radius 1 is 1.25 bits per heavy atom. The van der Waals surface area contributed by atoms with E-state index in [2.05, 4.69) is 4.72 Å². The van der Waals surface area contributed by atoms with Crippen LogP contribution in [0.15, 0.2) is 23.1 Å². The number of halogens is 1. The first-order valence-corrected chi connectivity index (χ1v) is 8.40. The van der Waals surface area contributed by atoms with E-state index in [4.69, 9.17) is 5.11 Å². The molecule has 1 aromatic rings. The highest BCUT2D eigenvalue weighted by Gasteiger charge is 2.19. The molecule has 1 aromatic carbocycles. The number of hydrogen-bond acceptors (Lipinski definition) is 3. The lowest BCUT2D eigenvalue weighted by molar-refractivity contribution is 0.275. The van der Waals surface area contributed by atoms with Gasteiger partial charge >= 0.3 is 0 Å². The quantitative estimate of drug-likeness (QED) is 0.876. The van der Waals surface area contributed by atoms with E-state index in [1.54, 1.807) is 0 Å². The smallest absolute Gasteiger partial charge is 0.240 e. The first-order chi connectivity index (χ1) is 9.53. The molecule has 112 valence electrons. The Morgan fingerprint density at radius 2 is 1.95 bits per heavy atom. The van der Waals surface area contributed by atoms with Gasteiger partial charge in [0.15, 0.2) is 0 Å². The van der Waals surface area contributed by atoms with Crippen molar-refractivity contribution in [2.75, 3.05) is 6.54 Å². The molecule has 1 fully saturated rings. The Balaban J connectivity index is 2.05. The molecular weight excluding hydrogens is 281 g/mol. The van der Waals surface area contributed by atoms with Gasteiger partial charge in [-0.3, -0.25) is 0 Å². The highest BCUT2D eigenvalue weighted by atomic mass is 32.2. The summed E-state index contributed by atoms with van der Waals surface area (Å²) >= 11 is 0. The van der Waals surface area contributed by atoms with Gasteiger partial charge in [-0.15, -0.1) is 0 Å². The topological polar surface area (TPSA) is 66.4 Å². The van der Waals surface area contributed by atoms with Crippen molar-refractivity contribution >= 4 is 10.0 Å². The SMILES string of the molecule is O=S(=O)(NCC1CCCCC1)c1ccc(F)c(CO)c1. The lowest BCUT2D eigenvalue weighted by Gasteiger charge is -2.21. The Labute approximate surface area is 119 Å². The molecular formula is C14H20FNO3S. The van der Waals surface area contributed by atoms with Crippen molar-refractivity contribution in [2.24, 2.45) is 5.92 Å². The zero-order valence-electron chi connectivity index (χ0n) is 11.3. The summed E-state index contributed by atoms with van der Waals surface area (Å²) in [4.78, 5) is -0.00115. The van der Waals surface area contributed by atoms with Gasteiger partial charge < -0.3 is 5.11 Å². The van der Waals surface area contributed by atoms with E-state index < -0.39 is 22.4 Å². The predicted octanol–water partition coefficient (Wildman–Crippen LogP) is 2.18. The minimum atomic E-state index is -3.64. The first-order valence-electron chi connectivity index (χ1n) is 6.92. The van der Waals surface area contributed by atoms with Crippen LogP contribution in [-0.2, 0) is 16.6 Å². The van der Waals surface area contributed by atoms with Gasteiger partial charge in [0.05, 0.1) is 11.5 Å². The third-order valence-corrected chi connectivity index (χ3v) is 5.21. The molecule has 0 saturated heterocycles. The van der Waals surface area contributed by atoms with E-state index in [9.17, 15) is 12.8 Å². The molecule has 0 radical (unpaired) electrons. The second-order valence-electron chi connectivity index (χ2n) is 5.27. The molecule has 2 N–H and O–H groups in total. The van der Waals surface area contributed by atoms with Crippen molar-refractivity contribution in [3.63, 3.8) is 0 Å². The molecule has 2 rings (SSSR count). The normalized spacial score (nSPS) is 17.3. The van der Waals surface area contributed by atoms with Crippen LogP contribution in [0.2, 0.25) is 0 Å². The first kappa shape index (κ1) is 15.4. The summed E-state index contributed by atoms with van der Waals surface area (Å²) in [7, 11) is -3.64. The molecule has 4 nitrogen and oxygen atoms in total. The average Bonchev–Trinajstić information content (AvgIpc) is 2.46. The van der Waals surface area contributed by atoms with Crippen molar-refractivity contribution in [1.82, 2.24) is 4.72 Å². The number of benzene rings is 1. The van der Waals surface area contributed by atoms with Gasteiger partial charge in [-0.25, -0.2) is 17.5 Å². The number of rotatable bonds is 5. The zero-order chi connectivity index (χ0) is 14.6. The number of nitrogens with one attached hydrogen (secondary N) is 1. The van der Waals surface area contributed by atoms with Crippen molar-refractivity contribution in [3.05, 3.63) is 29.6 Å². The van der Waals surface area contributed by atoms with Crippen LogP contribution in [0.4, 0.5) is 4.39 Å². The minimum absolute atomic E-state index is 0.00115. The molecule has 20 heavy (non-hydrogen) atoms. The maximum atomic E-state index is 13.3. The van der Waals surface area contributed by atoms with Crippen LogP contribution >= 0.6 is 0 Å². The number of aliphatic hydroxyl groups excluding tert-OH is 1. The average molecular weight is 301 g/mol. The predicted molar refractivity (Wildman–Crippen MR) is 74.1 cm³/mol. The Morgan fingerprint density at radius 3 is 2.60 bits per heavy atom. The standard InChI is InChI=1S/C14H20FNO3S/c15-14-7-6-13(8-12(14)10-17)20(18,19)16-9-11-4-2-1-3-5-11/h6-8,11,16-17H,1-5,9-10H2. The largest absolute Gasteiger partial charge is 0.392 e. The molecule has 0 aliphatic heterocycles. The third-order valence-electron chi connectivity index (χ3n) is 3.78. The molecule has 1 aliphatic rings. The van der Waals surface area contributed by atoms with E-state index in [0.29, 0.717) is 12.5 Å². The maximum absolute atomic E-state index is 13.3. The van der Waals surface area contributed by atoms with Crippen LogP contribution in [0, 0.1) is 11.7 Å². The molecule has 0 bridgehead atoms. The van der Waals surface area contributed by atoms with Crippen LogP contribution in [0.25, 0.3) is 0 Å². The number of sulfonamides is 1. The summed E-state index contributed by atoms with van der Waals surface area (Å²) in [6.07, 6.45) is 5.62. The van der Waals surface area contributed by atoms with Crippen molar-refractivity contribution in [1.29, 1.82) is 0 Å². The molecule has 0 atom stereocenters. The molecule has 0 aromatic heterocycles. The van der Waals surface area contributed by atoms with E-state index >= 15 is 0 Å². The molecule has 0 heterocycles. The van der Waals surface area contributed by atoms with Gasteiger partial charge in [-0.05, 0) is 37.0 Å². The van der Waals surface area contributed by atoms with Crippen LogP contribution < -0.4 is 4.72 Å². The number of aliphatic hydroxyl groups is 1. The Bertz CT molecular complexity index is 554. The zero-order valence-corrected chi connectivity index (χ0v) is 12.1. The van der Waals surface area contributed by atoms with E-state index in [1.165, 1.54) is 18.6 Å². The second-order valence-corrected chi connectivity index (χ2v) is 7.03. The van der Waals surface area contributed by atoms with Crippen molar-refractivity contribution < 1.29 is 17.9 Å². The van der Waals surface area contributed by atoms with Gasteiger partial charge in [-0.2, -0.15) is 0 Å².